The zero-order valence-electron chi connectivity index (χ0n) is 17.9. The van der Waals surface area contributed by atoms with Gasteiger partial charge in [0.1, 0.15) is 12.3 Å². The van der Waals surface area contributed by atoms with Crippen molar-refractivity contribution in [1.29, 1.82) is 0 Å². The number of amides is 2. The van der Waals surface area contributed by atoms with Crippen LogP contribution >= 0.6 is 0 Å². The SMILES string of the molecule is COC(=O)c1ccc(C(=O)N2CC(=O)N(Cc3ccc(OC)cc3)CC(OC)C2)cc1. The van der Waals surface area contributed by atoms with Gasteiger partial charge < -0.3 is 24.0 Å². The Balaban J connectivity index is 1.73. The van der Waals surface area contributed by atoms with E-state index in [1.807, 2.05) is 24.3 Å². The normalized spacial score (nSPS) is 16.6. The molecule has 2 amide bonds. The molecule has 8 heteroatoms. The Morgan fingerprint density at radius 1 is 0.935 bits per heavy atom. The topological polar surface area (TPSA) is 85.4 Å². The summed E-state index contributed by atoms with van der Waals surface area (Å²) in [6.45, 7) is 1.04. The summed E-state index contributed by atoms with van der Waals surface area (Å²) in [6.07, 6.45) is -0.317. The molecule has 1 aliphatic heterocycles. The molecule has 1 saturated heterocycles. The minimum absolute atomic E-state index is 0.0480. The molecule has 0 aromatic heterocycles. The largest absolute Gasteiger partial charge is 0.497 e. The summed E-state index contributed by atoms with van der Waals surface area (Å²) in [7, 11) is 4.47. The molecule has 0 N–H and O–H groups in total. The monoisotopic (exact) mass is 426 g/mol. The molecule has 31 heavy (non-hydrogen) atoms. The number of rotatable bonds is 6. The van der Waals surface area contributed by atoms with E-state index in [-0.39, 0.29) is 24.5 Å². The number of esters is 1. The maximum absolute atomic E-state index is 13.0. The molecule has 0 aliphatic carbocycles. The number of nitrogens with zero attached hydrogens (tertiary/aromatic N) is 2. The van der Waals surface area contributed by atoms with Crippen LogP contribution in [0.4, 0.5) is 0 Å². The molecule has 8 nitrogen and oxygen atoms in total. The highest BCUT2D eigenvalue weighted by atomic mass is 16.5. The number of methoxy groups -OCH3 is 3. The highest BCUT2D eigenvalue weighted by Crippen LogP contribution is 2.17. The summed E-state index contributed by atoms with van der Waals surface area (Å²) in [4.78, 5) is 40.7. The Hall–Kier alpha value is -3.39. The lowest BCUT2D eigenvalue weighted by Gasteiger charge is -2.23. The van der Waals surface area contributed by atoms with Crippen molar-refractivity contribution in [2.45, 2.75) is 12.6 Å². The van der Waals surface area contributed by atoms with Crippen molar-refractivity contribution in [3.63, 3.8) is 0 Å². The number of carbonyl (C=O) groups excluding carboxylic acids is 3. The molecule has 2 aromatic carbocycles. The van der Waals surface area contributed by atoms with Crippen LogP contribution in [0.25, 0.3) is 0 Å². The van der Waals surface area contributed by atoms with Gasteiger partial charge in [-0.3, -0.25) is 9.59 Å². The van der Waals surface area contributed by atoms with Crippen molar-refractivity contribution >= 4 is 17.8 Å². The maximum atomic E-state index is 13.0. The van der Waals surface area contributed by atoms with Crippen molar-refractivity contribution < 1.29 is 28.6 Å². The predicted molar refractivity (Wildman–Crippen MR) is 113 cm³/mol. The fourth-order valence-corrected chi connectivity index (χ4v) is 3.44. The third-order valence-corrected chi connectivity index (χ3v) is 5.23. The second-order valence-corrected chi connectivity index (χ2v) is 7.23. The summed E-state index contributed by atoms with van der Waals surface area (Å²) >= 11 is 0. The summed E-state index contributed by atoms with van der Waals surface area (Å²) in [5.41, 5.74) is 1.70. The second kappa shape index (κ2) is 10.1. The van der Waals surface area contributed by atoms with Gasteiger partial charge in [-0.15, -0.1) is 0 Å². The summed E-state index contributed by atoms with van der Waals surface area (Å²) in [6, 6.07) is 13.7. The number of hydrogen-bond donors (Lipinski definition) is 0. The van der Waals surface area contributed by atoms with Crippen LogP contribution in [0.5, 0.6) is 5.75 Å². The molecule has 1 heterocycles. The number of ether oxygens (including phenoxy) is 3. The molecule has 3 rings (SSSR count). The van der Waals surface area contributed by atoms with E-state index in [0.29, 0.717) is 30.8 Å². The Morgan fingerprint density at radius 2 is 1.58 bits per heavy atom. The minimum atomic E-state index is -0.474. The van der Waals surface area contributed by atoms with E-state index in [1.54, 1.807) is 31.3 Å². The van der Waals surface area contributed by atoms with Crippen LogP contribution in [0.15, 0.2) is 48.5 Å². The lowest BCUT2D eigenvalue weighted by molar-refractivity contribution is -0.132. The molecule has 1 unspecified atom stereocenters. The summed E-state index contributed by atoms with van der Waals surface area (Å²) < 4.78 is 15.4. The number of benzene rings is 2. The zero-order valence-corrected chi connectivity index (χ0v) is 17.9. The molecule has 0 radical (unpaired) electrons. The van der Waals surface area contributed by atoms with E-state index in [1.165, 1.54) is 24.1 Å². The smallest absolute Gasteiger partial charge is 0.337 e. The Kier molecular flexibility index (Phi) is 7.25. The highest BCUT2D eigenvalue weighted by Gasteiger charge is 2.31. The van der Waals surface area contributed by atoms with E-state index in [9.17, 15) is 14.4 Å². The van der Waals surface area contributed by atoms with Crippen molar-refractivity contribution in [3.05, 3.63) is 65.2 Å². The lowest BCUT2D eigenvalue weighted by Crippen LogP contribution is -2.39. The van der Waals surface area contributed by atoms with Gasteiger partial charge in [0.15, 0.2) is 0 Å². The highest BCUT2D eigenvalue weighted by molar-refractivity contribution is 5.98. The van der Waals surface area contributed by atoms with Gasteiger partial charge in [-0.1, -0.05) is 12.1 Å². The first kappa shape index (κ1) is 22.3. The van der Waals surface area contributed by atoms with Gasteiger partial charge in [0.2, 0.25) is 5.91 Å². The Morgan fingerprint density at radius 3 is 2.16 bits per heavy atom. The van der Waals surface area contributed by atoms with Gasteiger partial charge in [0.05, 0.1) is 25.9 Å². The Labute approximate surface area is 181 Å². The second-order valence-electron chi connectivity index (χ2n) is 7.23. The molecule has 1 aliphatic rings. The molecule has 1 atom stereocenters. The van der Waals surface area contributed by atoms with Crippen LogP contribution in [0.2, 0.25) is 0 Å². The maximum Gasteiger partial charge on any atom is 0.337 e. The first-order valence-corrected chi connectivity index (χ1v) is 9.86. The van der Waals surface area contributed by atoms with E-state index in [2.05, 4.69) is 4.74 Å². The lowest BCUT2D eigenvalue weighted by atomic mass is 10.1. The van der Waals surface area contributed by atoms with Gasteiger partial charge in [0, 0.05) is 32.3 Å². The van der Waals surface area contributed by atoms with E-state index < -0.39 is 5.97 Å². The third-order valence-electron chi connectivity index (χ3n) is 5.23. The van der Waals surface area contributed by atoms with E-state index >= 15 is 0 Å². The molecule has 0 spiro atoms. The number of hydrogen-bond acceptors (Lipinski definition) is 6. The van der Waals surface area contributed by atoms with Crippen molar-refractivity contribution in [2.24, 2.45) is 0 Å². The van der Waals surface area contributed by atoms with Crippen molar-refractivity contribution in [2.75, 3.05) is 41.0 Å². The van der Waals surface area contributed by atoms with Crippen LogP contribution < -0.4 is 4.74 Å². The van der Waals surface area contributed by atoms with Crippen molar-refractivity contribution in [1.82, 2.24) is 9.80 Å². The van der Waals surface area contributed by atoms with E-state index in [0.717, 1.165) is 11.3 Å². The standard InChI is InChI=1S/C23H26N2O6/c1-29-19-10-4-16(5-11-19)12-24-13-20(30-2)14-25(15-21(24)26)22(27)17-6-8-18(9-7-17)23(28)31-3/h4-11,20H,12-15H2,1-3H3. The fourth-order valence-electron chi connectivity index (χ4n) is 3.44. The van der Waals surface area contributed by atoms with Crippen LogP contribution in [0.3, 0.4) is 0 Å². The summed E-state index contributed by atoms with van der Waals surface area (Å²) in [5, 5.41) is 0. The zero-order chi connectivity index (χ0) is 22.4. The average molecular weight is 426 g/mol. The number of carbonyl (C=O) groups is 3. The fraction of sp³-hybridized carbons (Fsp3) is 0.348. The molecule has 0 bridgehead atoms. The Bertz CT molecular complexity index is 926. The third kappa shape index (κ3) is 5.40. The molecular formula is C23H26N2O6. The molecule has 164 valence electrons. The van der Waals surface area contributed by atoms with E-state index in [4.69, 9.17) is 9.47 Å². The van der Waals surface area contributed by atoms with Crippen LogP contribution in [0, 0.1) is 0 Å². The van der Waals surface area contributed by atoms with Crippen LogP contribution in [-0.2, 0) is 20.8 Å². The first-order chi connectivity index (χ1) is 14.9. The van der Waals surface area contributed by atoms with Gasteiger partial charge in [-0.25, -0.2) is 4.79 Å². The molecule has 2 aromatic rings. The van der Waals surface area contributed by atoms with Gasteiger partial charge in [0.25, 0.3) is 5.91 Å². The van der Waals surface area contributed by atoms with Gasteiger partial charge >= 0.3 is 5.97 Å². The molecular weight excluding hydrogens is 400 g/mol. The van der Waals surface area contributed by atoms with Gasteiger partial charge in [-0.05, 0) is 42.0 Å². The minimum Gasteiger partial charge on any atom is -0.497 e. The van der Waals surface area contributed by atoms with Crippen LogP contribution in [-0.4, -0.2) is 74.7 Å². The van der Waals surface area contributed by atoms with Crippen LogP contribution in [0.1, 0.15) is 26.3 Å². The molecule has 1 fully saturated rings. The average Bonchev–Trinajstić information content (AvgIpc) is 2.97. The van der Waals surface area contributed by atoms with Gasteiger partial charge in [-0.2, -0.15) is 0 Å². The predicted octanol–water partition coefficient (Wildman–Crippen LogP) is 1.98. The molecule has 0 saturated carbocycles. The first-order valence-electron chi connectivity index (χ1n) is 9.86. The summed E-state index contributed by atoms with van der Waals surface area (Å²) in [5.74, 6) is -0.179. The van der Waals surface area contributed by atoms with Crippen molar-refractivity contribution in [3.8, 4) is 5.75 Å². The quantitative estimate of drug-likeness (QED) is 0.657.